The summed E-state index contributed by atoms with van der Waals surface area (Å²) >= 11 is 0. The largest absolute Gasteiger partial charge is 0.340 e. The van der Waals surface area contributed by atoms with Gasteiger partial charge in [0.25, 0.3) is 0 Å². The Hall–Kier alpha value is -1.68. The van der Waals surface area contributed by atoms with Crippen molar-refractivity contribution in [3.63, 3.8) is 0 Å². The van der Waals surface area contributed by atoms with Gasteiger partial charge in [0.1, 0.15) is 0 Å². The van der Waals surface area contributed by atoms with Crippen LogP contribution < -0.4 is 10.6 Å². The molecule has 0 radical (unpaired) electrons. The van der Waals surface area contributed by atoms with Crippen molar-refractivity contribution in [3.8, 4) is 0 Å². The smallest absolute Gasteiger partial charge is 0.225 e. The first-order chi connectivity index (χ1) is 8.70. The molecule has 4 nitrogen and oxygen atoms in total. The van der Waals surface area contributed by atoms with Crippen LogP contribution in [0.15, 0.2) is 30.5 Å². The van der Waals surface area contributed by atoms with E-state index in [4.69, 9.17) is 5.73 Å². The number of nitrogens with two attached hydrogens (primary N) is 1. The third-order valence-corrected chi connectivity index (χ3v) is 3.81. The topological polar surface area (TPSA) is 55.0 Å². The number of hydrogen-bond donors (Lipinski definition) is 1. The average molecular weight is 242 g/mol. The molecule has 0 amide bonds. The zero-order valence-electron chi connectivity index (χ0n) is 10.6. The number of anilines is 1. The van der Waals surface area contributed by atoms with Crippen LogP contribution in [0.4, 0.5) is 5.95 Å². The fraction of sp³-hybridized carbons (Fsp3) is 0.429. The van der Waals surface area contributed by atoms with E-state index in [1.807, 2.05) is 30.5 Å². The summed E-state index contributed by atoms with van der Waals surface area (Å²) in [4.78, 5) is 11.3. The van der Waals surface area contributed by atoms with Gasteiger partial charge < -0.3 is 10.6 Å². The van der Waals surface area contributed by atoms with E-state index in [2.05, 4.69) is 21.8 Å². The van der Waals surface area contributed by atoms with E-state index in [-0.39, 0.29) is 5.41 Å². The molecule has 1 aliphatic heterocycles. The van der Waals surface area contributed by atoms with Crippen LogP contribution >= 0.6 is 0 Å². The Morgan fingerprint density at radius 1 is 1.39 bits per heavy atom. The third-order valence-electron chi connectivity index (χ3n) is 3.81. The first-order valence-electron chi connectivity index (χ1n) is 6.37. The number of hydrogen-bond acceptors (Lipinski definition) is 4. The zero-order chi connectivity index (χ0) is 12.6. The van der Waals surface area contributed by atoms with Gasteiger partial charge >= 0.3 is 0 Å². The number of fused-ring (bicyclic) bond motifs is 1. The van der Waals surface area contributed by atoms with Gasteiger partial charge in [-0.15, -0.1) is 0 Å². The lowest BCUT2D eigenvalue weighted by Gasteiger charge is -2.22. The summed E-state index contributed by atoms with van der Waals surface area (Å²) in [5.74, 6) is 0.825. The number of rotatable bonds is 2. The molecule has 1 atom stereocenters. The summed E-state index contributed by atoms with van der Waals surface area (Å²) in [5.41, 5.74) is 7.04. The van der Waals surface area contributed by atoms with Crippen LogP contribution in [-0.2, 0) is 0 Å². The molecule has 2 heterocycles. The standard InChI is InChI=1S/C14H18N4/c1-14(9-15)6-7-18(10-14)13-16-8-11-4-2-3-5-12(11)17-13/h2-5,8H,6-7,9-10,15H2,1H3. The van der Waals surface area contributed by atoms with Crippen LogP contribution in [0, 0.1) is 5.41 Å². The van der Waals surface area contributed by atoms with Gasteiger partial charge in [-0.2, -0.15) is 0 Å². The second-order valence-corrected chi connectivity index (χ2v) is 5.42. The second-order valence-electron chi connectivity index (χ2n) is 5.42. The minimum Gasteiger partial charge on any atom is -0.340 e. The molecule has 1 aliphatic rings. The van der Waals surface area contributed by atoms with Crippen molar-refractivity contribution in [2.24, 2.45) is 11.1 Å². The molecule has 0 bridgehead atoms. The van der Waals surface area contributed by atoms with Gasteiger partial charge in [0.15, 0.2) is 0 Å². The lowest BCUT2D eigenvalue weighted by molar-refractivity contribution is 0.383. The second kappa shape index (κ2) is 4.21. The van der Waals surface area contributed by atoms with Gasteiger partial charge in [0.05, 0.1) is 5.52 Å². The summed E-state index contributed by atoms with van der Waals surface area (Å²) in [7, 11) is 0. The molecule has 18 heavy (non-hydrogen) atoms. The van der Waals surface area contributed by atoms with E-state index < -0.39 is 0 Å². The van der Waals surface area contributed by atoms with Crippen molar-refractivity contribution in [3.05, 3.63) is 30.5 Å². The fourth-order valence-electron chi connectivity index (χ4n) is 2.48. The number of para-hydroxylation sites is 1. The first-order valence-corrected chi connectivity index (χ1v) is 6.37. The normalized spacial score (nSPS) is 23.8. The summed E-state index contributed by atoms with van der Waals surface area (Å²) in [6, 6.07) is 8.08. The molecule has 2 aromatic rings. The number of benzene rings is 1. The van der Waals surface area contributed by atoms with Gasteiger partial charge in [-0.1, -0.05) is 25.1 Å². The Bertz CT molecular complexity index is 568. The third kappa shape index (κ3) is 1.93. The maximum absolute atomic E-state index is 5.83. The number of aromatic nitrogens is 2. The molecule has 1 aromatic carbocycles. The lowest BCUT2D eigenvalue weighted by Crippen LogP contribution is -2.31. The summed E-state index contributed by atoms with van der Waals surface area (Å²) in [6.07, 6.45) is 3.01. The summed E-state index contributed by atoms with van der Waals surface area (Å²) < 4.78 is 0. The maximum Gasteiger partial charge on any atom is 0.225 e. The zero-order valence-corrected chi connectivity index (χ0v) is 10.6. The monoisotopic (exact) mass is 242 g/mol. The highest BCUT2D eigenvalue weighted by Crippen LogP contribution is 2.30. The molecule has 1 unspecified atom stereocenters. The van der Waals surface area contributed by atoms with Crippen LogP contribution in [0.5, 0.6) is 0 Å². The van der Waals surface area contributed by atoms with E-state index >= 15 is 0 Å². The van der Waals surface area contributed by atoms with Crippen molar-refractivity contribution in [1.82, 2.24) is 9.97 Å². The minimum absolute atomic E-state index is 0.203. The van der Waals surface area contributed by atoms with Crippen molar-refractivity contribution < 1.29 is 0 Å². The first kappa shape index (κ1) is 11.4. The highest BCUT2D eigenvalue weighted by Gasteiger charge is 2.33. The molecule has 4 heteroatoms. The molecule has 1 saturated heterocycles. The van der Waals surface area contributed by atoms with Crippen LogP contribution in [0.25, 0.3) is 10.9 Å². The molecular weight excluding hydrogens is 224 g/mol. The van der Waals surface area contributed by atoms with Crippen LogP contribution in [0.1, 0.15) is 13.3 Å². The SMILES string of the molecule is CC1(CN)CCN(c2ncc3ccccc3n2)C1. The molecule has 1 aromatic heterocycles. The molecule has 0 saturated carbocycles. The average Bonchev–Trinajstić information content (AvgIpc) is 2.82. The van der Waals surface area contributed by atoms with Gasteiger partial charge in [0.2, 0.25) is 5.95 Å². The molecule has 1 fully saturated rings. The molecule has 94 valence electrons. The Morgan fingerprint density at radius 3 is 3.00 bits per heavy atom. The molecular formula is C14H18N4. The van der Waals surface area contributed by atoms with Gasteiger partial charge in [-0.25, -0.2) is 9.97 Å². The Kier molecular flexibility index (Phi) is 2.67. The van der Waals surface area contributed by atoms with Crippen LogP contribution in [-0.4, -0.2) is 29.6 Å². The highest BCUT2D eigenvalue weighted by atomic mass is 15.3. The van der Waals surface area contributed by atoms with E-state index in [9.17, 15) is 0 Å². The van der Waals surface area contributed by atoms with E-state index in [0.29, 0.717) is 0 Å². The van der Waals surface area contributed by atoms with Gasteiger partial charge in [-0.3, -0.25) is 0 Å². The predicted octanol–water partition coefficient (Wildman–Crippen LogP) is 1.80. The van der Waals surface area contributed by atoms with Gasteiger partial charge in [0, 0.05) is 24.7 Å². The van der Waals surface area contributed by atoms with E-state index in [0.717, 1.165) is 42.9 Å². The molecule has 0 aliphatic carbocycles. The van der Waals surface area contributed by atoms with Crippen molar-refractivity contribution in [2.45, 2.75) is 13.3 Å². The maximum atomic E-state index is 5.83. The Balaban J connectivity index is 1.91. The number of nitrogens with zero attached hydrogens (tertiary/aromatic N) is 3. The van der Waals surface area contributed by atoms with Crippen molar-refractivity contribution in [2.75, 3.05) is 24.5 Å². The Labute approximate surface area is 107 Å². The Morgan fingerprint density at radius 2 is 2.22 bits per heavy atom. The van der Waals surface area contributed by atoms with Gasteiger partial charge in [-0.05, 0) is 24.4 Å². The van der Waals surface area contributed by atoms with Crippen LogP contribution in [0.2, 0.25) is 0 Å². The lowest BCUT2D eigenvalue weighted by atomic mass is 9.90. The molecule has 3 rings (SSSR count). The summed E-state index contributed by atoms with van der Waals surface area (Å²) in [6.45, 7) is 4.89. The highest BCUT2D eigenvalue weighted by molar-refractivity contribution is 5.78. The van der Waals surface area contributed by atoms with Crippen LogP contribution in [0.3, 0.4) is 0 Å². The van der Waals surface area contributed by atoms with Crippen molar-refractivity contribution >= 4 is 16.9 Å². The predicted molar refractivity (Wildman–Crippen MR) is 73.5 cm³/mol. The van der Waals surface area contributed by atoms with E-state index in [1.54, 1.807) is 0 Å². The minimum atomic E-state index is 0.203. The van der Waals surface area contributed by atoms with Crippen molar-refractivity contribution in [1.29, 1.82) is 0 Å². The molecule has 2 N–H and O–H groups in total. The fourth-order valence-corrected chi connectivity index (χ4v) is 2.48. The molecule has 0 spiro atoms. The quantitative estimate of drug-likeness (QED) is 0.872. The van der Waals surface area contributed by atoms with E-state index in [1.165, 1.54) is 0 Å². The summed E-state index contributed by atoms with van der Waals surface area (Å²) in [5, 5.41) is 1.09.